The summed E-state index contributed by atoms with van der Waals surface area (Å²) in [5.41, 5.74) is 4.58. The minimum Gasteiger partial charge on any atom is -0.346 e. The molecule has 184 valence electrons. The fraction of sp³-hybridized carbons (Fsp3) is 0.481. The third-order valence-corrected chi connectivity index (χ3v) is 8.64. The maximum atomic E-state index is 12.6. The summed E-state index contributed by atoms with van der Waals surface area (Å²) in [5.74, 6) is 0. The Balaban J connectivity index is 1.20. The summed E-state index contributed by atoms with van der Waals surface area (Å²) in [6.07, 6.45) is 9.38. The van der Waals surface area contributed by atoms with Crippen LogP contribution in [0.5, 0.6) is 0 Å². The Kier molecular flexibility index (Phi) is 6.12. The van der Waals surface area contributed by atoms with Crippen LogP contribution in [0.1, 0.15) is 36.6 Å². The van der Waals surface area contributed by atoms with Crippen molar-refractivity contribution in [1.82, 2.24) is 30.0 Å². The second-order valence-corrected chi connectivity index (χ2v) is 11.4. The number of likely N-dealkylation sites (N-methyl/N-ethyl adjacent to an activating group) is 1. The first-order valence-corrected chi connectivity index (χ1v) is 13.6. The number of amides is 2. The molecule has 0 radical (unpaired) electrons. The normalized spacial score (nSPS) is 21.9. The number of urea groups is 1. The Bertz CT molecular complexity index is 1250. The number of thiophene rings is 1. The number of rotatable bonds is 5. The molecule has 1 saturated heterocycles. The van der Waals surface area contributed by atoms with E-state index in [4.69, 9.17) is 4.98 Å². The van der Waals surface area contributed by atoms with Crippen LogP contribution >= 0.6 is 11.3 Å². The van der Waals surface area contributed by atoms with Crippen molar-refractivity contribution < 1.29 is 4.79 Å². The predicted molar refractivity (Wildman–Crippen MR) is 142 cm³/mol. The van der Waals surface area contributed by atoms with Gasteiger partial charge in [-0.15, -0.1) is 11.3 Å². The predicted octanol–water partition coefficient (Wildman–Crippen LogP) is 4.39. The first kappa shape index (κ1) is 22.8. The summed E-state index contributed by atoms with van der Waals surface area (Å²) >= 11 is 1.88. The van der Waals surface area contributed by atoms with E-state index in [9.17, 15) is 4.79 Å². The van der Waals surface area contributed by atoms with E-state index >= 15 is 0 Å². The molecule has 3 aromatic rings. The van der Waals surface area contributed by atoms with Crippen molar-refractivity contribution >= 4 is 34.0 Å². The first-order chi connectivity index (χ1) is 17.0. The number of hydrogen-bond donors (Lipinski definition) is 2. The van der Waals surface area contributed by atoms with Crippen molar-refractivity contribution in [2.24, 2.45) is 0 Å². The van der Waals surface area contributed by atoms with E-state index in [1.54, 1.807) is 0 Å². The van der Waals surface area contributed by atoms with Gasteiger partial charge in [0.25, 0.3) is 0 Å². The molecule has 2 N–H and O–H groups in total. The van der Waals surface area contributed by atoms with E-state index in [1.165, 1.54) is 26.5 Å². The Morgan fingerprint density at radius 3 is 2.80 bits per heavy atom. The molecule has 35 heavy (non-hydrogen) atoms. The quantitative estimate of drug-likeness (QED) is 0.557. The summed E-state index contributed by atoms with van der Waals surface area (Å²) in [6, 6.07) is 7.32. The lowest BCUT2D eigenvalue weighted by Gasteiger charge is -2.32. The second kappa shape index (κ2) is 9.41. The van der Waals surface area contributed by atoms with Gasteiger partial charge in [0, 0.05) is 90.0 Å². The van der Waals surface area contributed by atoms with Crippen molar-refractivity contribution in [3.63, 3.8) is 0 Å². The number of pyridine rings is 1. The standard InChI is InChI=1S/C27H34N6OS/c1-18-13-19(7-8-33(18)27(34)30-21-3-4-21)24-16-29-26-23(24)14-20(15-28-26)25-6-5-22(35-25)17-32-11-9-31(2)10-12-32/h5-6,13-16,18,21H,3-4,7-12,17H2,1-2H3,(H,28,29)(H,30,34). The smallest absolute Gasteiger partial charge is 0.318 e. The van der Waals surface area contributed by atoms with Gasteiger partial charge in [-0.2, -0.15) is 0 Å². The average molecular weight is 491 g/mol. The van der Waals surface area contributed by atoms with Gasteiger partial charge in [-0.3, -0.25) is 4.90 Å². The summed E-state index contributed by atoms with van der Waals surface area (Å²) in [5, 5.41) is 4.28. The molecular formula is C27H34N6OS. The molecule has 7 nitrogen and oxygen atoms in total. The largest absolute Gasteiger partial charge is 0.346 e. The number of carbonyl (C=O) groups is 1. The van der Waals surface area contributed by atoms with Gasteiger partial charge in [0.05, 0.1) is 0 Å². The molecule has 0 spiro atoms. The van der Waals surface area contributed by atoms with Crippen LogP contribution in [0, 0.1) is 0 Å². The number of hydrogen-bond acceptors (Lipinski definition) is 5. The van der Waals surface area contributed by atoms with Crippen LogP contribution in [0.4, 0.5) is 4.79 Å². The SMILES string of the molecule is CC1C=C(c2c[nH]c3ncc(-c4ccc(CN5CCN(C)CC5)s4)cc23)CCN1C(=O)NC1CC1. The van der Waals surface area contributed by atoms with Crippen molar-refractivity contribution in [3.05, 3.63) is 47.1 Å². The summed E-state index contributed by atoms with van der Waals surface area (Å²) in [7, 11) is 2.20. The van der Waals surface area contributed by atoms with Crippen molar-refractivity contribution in [3.8, 4) is 10.4 Å². The number of aromatic nitrogens is 2. The van der Waals surface area contributed by atoms with Crippen LogP contribution in [0.2, 0.25) is 0 Å². The number of H-pyrrole nitrogens is 1. The van der Waals surface area contributed by atoms with Gasteiger partial charge >= 0.3 is 6.03 Å². The van der Waals surface area contributed by atoms with Crippen molar-refractivity contribution in [2.75, 3.05) is 39.8 Å². The lowest BCUT2D eigenvalue weighted by Crippen LogP contribution is -2.47. The molecule has 0 aromatic carbocycles. The van der Waals surface area contributed by atoms with Crippen LogP contribution in [-0.2, 0) is 6.54 Å². The molecule has 1 unspecified atom stereocenters. The molecule has 0 bridgehead atoms. The Labute approximate surface area is 210 Å². The number of aromatic amines is 1. The average Bonchev–Trinajstić information content (AvgIpc) is 3.37. The monoisotopic (exact) mass is 490 g/mol. The maximum absolute atomic E-state index is 12.6. The minimum atomic E-state index is 0.0725. The molecule has 8 heteroatoms. The number of nitrogens with zero attached hydrogens (tertiary/aromatic N) is 4. The summed E-state index contributed by atoms with van der Waals surface area (Å²) in [6.45, 7) is 8.44. The van der Waals surface area contributed by atoms with E-state index < -0.39 is 0 Å². The minimum absolute atomic E-state index is 0.0725. The zero-order valence-corrected chi connectivity index (χ0v) is 21.4. The molecule has 3 aliphatic rings. The van der Waals surface area contributed by atoms with E-state index in [1.807, 2.05) is 22.4 Å². The van der Waals surface area contributed by atoms with E-state index in [0.29, 0.717) is 6.04 Å². The van der Waals surface area contributed by atoms with Crippen LogP contribution in [0.15, 0.2) is 36.7 Å². The molecule has 6 rings (SSSR count). The molecule has 1 atom stereocenters. The number of carbonyl (C=O) groups excluding carboxylic acids is 1. The van der Waals surface area contributed by atoms with E-state index in [-0.39, 0.29) is 12.1 Å². The lowest BCUT2D eigenvalue weighted by molar-refractivity contribution is 0.149. The van der Waals surface area contributed by atoms with Gasteiger partial charge in [-0.25, -0.2) is 9.78 Å². The maximum Gasteiger partial charge on any atom is 0.318 e. The third kappa shape index (κ3) is 4.87. The highest BCUT2D eigenvalue weighted by molar-refractivity contribution is 7.15. The lowest BCUT2D eigenvalue weighted by atomic mass is 9.96. The number of fused-ring (bicyclic) bond motifs is 1. The van der Waals surface area contributed by atoms with Gasteiger partial charge in [-0.1, -0.05) is 6.08 Å². The molecule has 1 aliphatic carbocycles. The number of nitrogens with one attached hydrogen (secondary N) is 2. The molecular weight excluding hydrogens is 456 g/mol. The summed E-state index contributed by atoms with van der Waals surface area (Å²) < 4.78 is 0. The van der Waals surface area contributed by atoms with Gasteiger partial charge < -0.3 is 20.1 Å². The molecule has 2 amide bonds. The zero-order valence-electron chi connectivity index (χ0n) is 20.6. The molecule has 1 saturated carbocycles. The fourth-order valence-corrected chi connectivity index (χ4v) is 6.18. The molecule has 3 aromatic heterocycles. The van der Waals surface area contributed by atoms with Crippen LogP contribution in [-0.4, -0.2) is 82.6 Å². The Hall–Kier alpha value is -2.68. The van der Waals surface area contributed by atoms with Crippen molar-refractivity contribution in [1.29, 1.82) is 0 Å². The Morgan fingerprint density at radius 2 is 2.03 bits per heavy atom. The fourth-order valence-electron chi connectivity index (χ4n) is 5.15. The van der Waals surface area contributed by atoms with E-state index in [0.717, 1.165) is 69.6 Å². The van der Waals surface area contributed by atoms with Gasteiger partial charge in [0.1, 0.15) is 5.65 Å². The zero-order chi connectivity index (χ0) is 23.9. The first-order valence-electron chi connectivity index (χ1n) is 12.8. The highest BCUT2D eigenvalue weighted by atomic mass is 32.1. The Morgan fingerprint density at radius 1 is 1.20 bits per heavy atom. The van der Waals surface area contributed by atoms with E-state index in [2.05, 4.69) is 64.5 Å². The van der Waals surface area contributed by atoms with Gasteiger partial charge in [0.15, 0.2) is 0 Å². The molecule has 2 fully saturated rings. The van der Waals surface area contributed by atoms with Gasteiger partial charge in [0.2, 0.25) is 0 Å². The van der Waals surface area contributed by atoms with Crippen molar-refractivity contribution in [2.45, 2.75) is 44.8 Å². The van der Waals surface area contributed by atoms with Gasteiger partial charge in [-0.05, 0) is 57.0 Å². The highest BCUT2D eigenvalue weighted by Gasteiger charge is 2.29. The van der Waals surface area contributed by atoms with Crippen LogP contribution < -0.4 is 5.32 Å². The summed E-state index contributed by atoms with van der Waals surface area (Å²) in [4.78, 5) is 30.2. The number of piperazine rings is 1. The highest BCUT2D eigenvalue weighted by Crippen LogP contribution is 2.35. The molecule has 2 aliphatic heterocycles. The second-order valence-electron chi connectivity index (χ2n) is 10.3. The third-order valence-electron chi connectivity index (χ3n) is 7.52. The topological polar surface area (TPSA) is 67.5 Å². The van der Waals surface area contributed by atoms with Crippen LogP contribution in [0.3, 0.4) is 0 Å². The van der Waals surface area contributed by atoms with Crippen LogP contribution in [0.25, 0.3) is 27.0 Å². The molecule has 5 heterocycles.